The van der Waals surface area contributed by atoms with E-state index < -0.39 is 0 Å². The van der Waals surface area contributed by atoms with Gasteiger partial charge >= 0.3 is 0 Å². The third-order valence-electron chi connectivity index (χ3n) is 3.03. The molecule has 2 aromatic heterocycles. The van der Waals surface area contributed by atoms with E-state index in [1.54, 1.807) is 18.1 Å². The van der Waals surface area contributed by atoms with Gasteiger partial charge < -0.3 is 5.32 Å². The molecule has 100 valence electrons. The summed E-state index contributed by atoms with van der Waals surface area (Å²) in [7, 11) is 0. The molecule has 0 saturated carbocycles. The van der Waals surface area contributed by atoms with Gasteiger partial charge in [0, 0.05) is 24.2 Å². The van der Waals surface area contributed by atoms with E-state index in [0.29, 0.717) is 6.54 Å². The van der Waals surface area contributed by atoms with Gasteiger partial charge in [-0.25, -0.2) is 9.97 Å². The fourth-order valence-corrected chi connectivity index (χ4v) is 2.43. The Bertz CT molecular complexity index is 724. The highest BCUT2D eigenvalue weighted by molar-refractivity contribution is 7.98. The maximum Gasteiger partial charge on any atom is 0.130 e. The first kappa shape index (κ1) is 12.9. The highest BCUT2D eigenvalue weighted by Gasteiger charge is 2.02. The Morgan fingerprint density at radius 3 is 2.90 bits per heavy atom. The van der Waals surface area contributed by atoms with Gasteiger partial charge in [-0.3, -0.25) is 4.98 Å². The van der Waals surface area contributed by atoms with Gasteiger partial charge in [-0.2, -0.15) is 0 Å². The van der Waals surface area contributed by atoms with E-state index in [4.69, 9.17) is 0 Å². The van der Waals surface area contributed by atoms with Crippen LogP contribution in [0.1, 0.15) is 5.56 Å². The number of aromatic nitrogens is 3. The molecule has 1 aromatic carbocycles. The Kier molecular flexibility index (Phi) is 3.78. The number of thioether (sulfide) groups is 1. The lowest BCUT2D eigenvalue weighted by atomic mass is 10.1. The molecule has 0 amide bonds. The second-order valence-electron chi connectivity index (χ2n) is 4.29. The predicted molar refractivity (Wildman–Crippen MR) is 82.9 cm³/mol. The first-order valence-electron chi connectivity index (χ1n) is 6.29. The second kappa shape index (κ2) is 5.88. The lowest BCUT2D eigenvalue weighted by Crippen LogP contribution is -2.03. The molecule has 2 heterocycles. The van der Waals surface area contributed by atoms with Crippen molar-refractivity contribution in [2.45, 2.75) is 11.6 Å². The molecule has 1 N–H and O–H groups in total. The number of hydrogen-bond acceptors (Lipinski definition) is 5. The van der Waals surface area contributed by atoms with E-state index >= 15 is 0 Å². The number of benzene rings is 1. The molecular weight excluding hydrogens is 268 g/mol. The molecule has 0 radical (unpaired) electrons. The number of pyridine rings is 1. The zero-order valence-corrected chi connectivity index (χ0v) is 11.9. The predicted octanol–water partition coefficient (Wildman–Crippen LogP) is 3.36. The molecular formula is C15H14N4S. The number of rotatable bonds is 4. The number of hydrogen-bond donors (Lipinski definition) is 1. The number of anilines is 1. The summed E-state index contributed by atoms with van der Waals surface area (Å²) in [5, 5.41) is 5.43. The van der Waals surface area contributed by atoms with E-state index in [1.165, 1.54) is 0 Å². The van der Waals surface area contributed by atoms with E-state index in [9.17, 15) is 0 Å². The monoisotopic (exact) mass is 282 g/mol. The summed E-state index contributed by atoms with van der Waals surface area (Å²) in [5.41, 5.74) is 2.19. The molecule has 0 saturated heterocycles. The van der Waals surface area contributed by atoms with Crippen LogP contribution in [0, 0.1) is 0 Å². The molecule has 0 spiro atoms. The molecule has 0 aliphatic rings. The maximum atomic E-state index is 4.45. The van der Waals surface area contributed by atoms with Crippen LogP contribution in [0.4, 0.5) is 5.82 Å². The summed E-state index contributed by atoms with van der Waals surface area (Å²) in [6.45, 7) is 0.694. The first-order chi connectivity index (χ1) is 9.86. The highest BCUT2D eigenvalue weighted by atomic mass is 32.2. The van der Waals surface area contributed by atoms with Crippen LogP contribution in [-0.4, -0.2) is 21.2 Å². The zero-order valence-electron chi connectivity index (χ0n) is 11.1. The summed E-state index contributed by atoms with van der Waals surface area (Å²) in [6.07, 6.45) is 5.40. The topological polar surface area (TPSA) is 50.7 Å². The zero-order chi connectivity index (χ0) is 13.8. The van der Waals surface area contributed by atoms with Crippen molar-refractivity contribution in [1.82, 2.24) is 15.0 Å². The minimum atomic E-state index is 0.694. The second-order valence-corrected chi connectivity index (χ2v) is 5.12. The van der Waals surface area contributed by atoms with Gasteiger partial charge in [-0.15, -0.1) is 11.8 Å². The maximum absolute atomic E-state index is 4.45. The van der Waals surface area contributed by atoms with Gasteiger partial charge in [0.1, 0.15) is 17.2 Å². The lowest BCUT2D eigenvalue weighted by Gasteiger charge is -2.08. The number of nitrogens with zero attached hydrogens (tertiary/aromatic N) is 3. The van der Waals surface area contributed by atoms with E-state index in [-0.39, 0.29) is 0 Å². The highest BCUT2D eigenvalue weighted by Crippen LogP contribution is 2.18. The first-order valence-corrected chi connectivity index (χ1v) is 7.52. The van der Waals surface area contributed by atoms with Crippen molar-refractivity contribution < 1.29 is 0 Å². The number of fused-ring (bicyclic) bond motifs is 1. The third kappa shape index (κ3) is 2.72. The van der Waals surface area contributed by atoms with Gasteiger partial charge in [0.25, 0.3) is 0 Å². The molecule has 3 rings (SSSR count). The Morgan fingerprint density at radius 1 is 1.10 bits per heavy atom. The van der Waals surface area contributed by atoms with Crippen LogP contribution < -0.4 is 5.32 Å². The molecule has 0 bridgehead atoms. The normalized spacial score (nSPS) is 10.7. The molecule has 3 aromatic rings. The van der Waals surface area contributed by atoms with Crippen LogP contribution in [0.3, 0.4) is 0 Å². The summed E-state index contributed by atoms with van der Waals surface area (Å²) in [5.74, 6) is 0.831. The van der Waals surface area contributed by atoms with E-state index in [2.05, 4.69) is 38.5 Å². The standard InChI is InChI=1S/C15H14N4S/c1-20-14-8-13(18-10-19-14)17-9-12-5-2-4-11-6-3-7-16-15(11)12/h2-8,10H,9H2,1H3,(H,17,18,19). The van der Waals surface area contributed by atoms with Gasteiger partial charge in [0.05, 0.1) is 5.52 Å². The van der Waals surface area contributed by atoms with Crippen LogP contribution in [0.5, 0.6) is 0 Å². The van der Waals surface area contributed by atoms with Crippen molar-refractivity contribution in [3.63, 3.8) is 0 Å². The quantitative estimate of drug-likeness (QED) is 0.587. The fraction of sp³-hybridized carbons (Fsp3) is 0.133. The van der Waals surface area contributed by atoms with Gasteiger partial charge in [0.2, 0.25) is 0 Å². The molecule has 0 aliphatic carbocycles. The molecule has 5 heteroatoms. The molecule has 0 atom stereocenters. The van der Waals surface area contributed by atoms with Gasteiger partial charge in [0.15, 0.2) is 0 Å². The Hall–Kier alpha value is -2.14. The minimum Gasteiger partial charge on any atom is -0.366 e. The van der Waals surface area contributed by atoms with E-state index in [1.807, 2.05) is 30.7 Å². The summed E-state index contributed by atoms with van der Waals surface area (Å²) >= 11 is 1.60. The Morgan fingerprint density at radius 2 is 2.00 bits per heavy atom. The minimum absolute atomic E-state index is 0.694. The van der Waals surface area contributed by atoms with Crippen LogP contribution in [0.25, 0.3) is 10.9 Å². The average Bonchev–Trinajstić information content (AvgIpc) is 2.53. The molecule has 0 aliphatic heterocycles. The smallest absolute Gasteiger partial charge is 0.130 e. The molecule has 0 unspecified atom stereocenters. The van der Waals surface area contributed by atoms with Crippen LogP contribution in [0.15, 0.2) is 53.9 Å². The van der Waals surface area contributed by atoms with E-state index in [0.717, 1.165) is 27.3 Å². The lowest BCUT2D eigenvalue weighted by molar-refractivity contribution is 1.02. The molecule has 4 nitrogen and oxygen atoms in total. The largest absolute Gasteiger partial charge is 0.366 e. The Balaban J connectivity index is 1.83. The van der Waals surface area contributed by atoms with Crippen molar-refractivity contribution in [2.75, 3.05) is 11.6 Å². The van der Waals surface area contributed by atoms with Crippen LogP contribution in [-0.2, 0) is 6.54 Å². The molecule has 0 fully saturated rings. The van der Waals surface area contributed by atoms with Crippen molar-refractivity contribution in [3.8, 4) is 0 Å². The summed E-state index contributed by atoms with van der Waals surface area (Å²) in [4.78, 5) is 12.8. The Labute approximate surface area is 121 Å². The van der Waals surface area contributed by atoms with Gasteiger partial charge in [-0.05, 0) is 17.9 Å². The van der Waals surface area contributed by atoms with Crippen LogP contribution >= 0.6 is 11.8 Å². The van der Waals surface area contributed by atoms with Crippen molar-refractivity contribution in [3.05, 3.63) is 54.5 Å². The average molecular weight is 282 g/mol. The van der Waals surface area contributed by atoms with Crippen molar-refractivity contribution in [1.29, 1.82) is 0 Å². The van der Waals surface area contributed by atoms with Gasteiger partial charge in [-0.1, -0.05) is 24.3 Å². The number of para-hydroxylation sites is 1. The summed E-state index contributed by atoms with van der Waals surface area (Å²) in [6, 6.07) is 12.2. The summed E-state index contributed by atoms with van der Waals surface area (Å²) < 4.78 is 0. The number of nitrogens with one attached hydrogen (secondary N) is 1. The van der Waals surface area contributed by atoms with Crippen molar-refractivity contribution >= 4 is 28.5 Å². The SMILES string of the molecule is CSc1cc(NCc2cccc3cccnc23)ncn1. The van der Waals surface area contributed by atoms with Crippen molar-refractivity contribution in [2.24, 2.45) is 0 Å². The molecule has 20 heavy (non-hydrogen) atoms. The fourth-order valence-electron chi connectivity index (χ4n) is 2.04. The van der Waals surface area contributed by atoms with Crippen LogP contribution in [0.2, 0.25) is 0 Å². The third-order valence-corrected chi connectivity index (χ3v) is 3.67.